The molecule has 0 aromatic carbocycles. The summed E-state index contributed by atoms with van der Waals surface area (Å²) in [5, 5.41) is 15.0. The SMILES string of the molecule is CC(C)(C)[Si](C)(C)O[C@@H]1C[C@@H](Cn2ncc3cnc(Cl)nc32)N(C(=O)O)C1. The van der Waals surface area contributed by atoms with Crippen LogP contribution >= 0.6 is 11.6 Å². The molecule has 0 bridgehead atoms. The number of rotatable bonds is 4. The number of halogens is 1. The maximum Gasteiger partial charge on any atom is 0.407 e. The molecular weight excluding hydrogens is 386 g/mol. The lowest BCUT2D eigenvalue weighted by Crippen LogP contribution is -2.44. The summed E-state index contributed by atoms with van der Waals surface area (Å²) >= 11 is 5.90. The standard InChI is InChI=1S/C17H26ClN5O3Si/c1-17(2,3)27(4,5)26-13-6-12(22(10-13)16(24)25)9-23-14-11(8-20-23)7-19-15(18)21-14/h7-8,12-13H,6,9-10H2,1-5H3,(H,24,25)/t12-,13+/m0/s1. The Kier molecular flexibility index (Phi) is 5.21. The quantitative estimate of drug-likeness (QED) is 0.610. The zero-order valence-corrected chi connectivity index (χ0v) is 18.1. The first-order chi connectivity index (χ1) is 12.5. The number of likely N-dealkylation sites (tertiary alicyclic amines) is 1. The Morgan fingerprint density at radius 3 is 2.74 bits per heavy atom. The van der Waals surface area contributed by atoms with Gasteiger partial charge in [-0.3, -0.25) is 0 Å². The number of fused-ring (bicyclic) bond motifs is 1. The summed E-state index contributed by atoms with van der Waals surface area (Å²) < 4.78 is 8.15. The van der Waals surface area contributed by atoms with Crippen molar-refractivity contribution < 1.29 is 14.3 Å². The molecule has 1 aliphatic heterocycles. The van der Waals surface area contributed by atoms with Crippen molar-refractivity contribution in [2.24, 2.45) is 0 Å². The molecular formula is C17H26ClN5O3Si. The minimum atomic E-state index is -1.97. The topological polar surface area (TPSA) is 93.4 Å². The Balaban J connectivity index is 1.79. The Morgan fingerprint density at radius 2 is 2.11 bits per heavy atom. The van der Waals surface area contributed by atoms with Crippen LogP contribution in [-0.4, -0.2) is 62.9 Å². The van der Waals surface area contributed by atoms with Crippen LogP contribution in [0.15, 0.2) is 12.4 Å². The zero-order valence-electron chi connectivity index (χ0n) is 16.3. The molecule has 1 N–H and O–H groups in total. The van der Waals surface area contributed by atoms with Gasteiger partial charge in [-0.25, -0.2) is 14.5 Å². The predicted molar refractivity (Wildman–Crippen MR) is 106 cm³/mol. The lowest BCUT2D eigenvalue weighted by atomic mass is 10.2. The third-order valence-electron chi connectivity index (χ3n) is 5.62. The first kappa shape index (κ1) is 20.0. The van der Waals surface area contributed by atoms with Crippen LogP contribution in [0.4, 0.5) is 4.79 Å². The zero-order chi connectivity index (χ0) is 20.0. The van der Waals surface area contributed by atoms with Crippen molar-refractivity contribution in [2.45, 2.75) is 64.0 Å². The van der Waals surface area contributed by atoms with Gasteiger partial charge in [0.25, 0.3) is 0 Å². The summed E-state index contributed by atoms with van der Waals surface area (Å²) in [4.78, 5) is 21.4. The molecule has 1 amide bonds. The lowest BCUT2D eigenvalue weighted by molar-refractivity contribution is 0.129. The Hall–Kier alpha value is -1.71. The highest BCUT2D eigenvalue weighted by Crippen LogP contribution is 2.39. The van der Waals surface area contributed by atoms with Crippen LogP contribution in [0.25, 0.3) is 11.0 Å². The average Bonchev–Trinajstić information content (AvgIpc) is 3.10. The number of amides is 1. The monoisotopic (exact) mass is 411 g/mol. The average molecular weight is 412 g/mol. The van der Waals surface area contributed by atoms with Crippen molar-refractivity contribution in [1.29, 1.82) is 0 Å². The summed E-state index contributed by atoms with van der Waals surface area (Å²) in [7, 11) is -1.97. The van der Waals surface area contributed by atoms with Crippen molar-refractivity contribution >= 4 is 37.0 Å². The maximum atomic E-state index is 11.8. The van der Waals surface area contributed by atoms with Crippen molar-refractivity contribution in [3.8, 4) is 0 Å². The van der Waals surface area contributed by atoms with E-state index in [1.54, 1.807) is 17.1 Å². The number of carboxylic acid groups (broad SMARTS) is 1. The number of aromatic nitrogens is 4. The fourth-order valence-electron chi connectivity index (χ4n) is 3.14. The minimum absolute atomic E-state index is 0.0744. The fourth-order valence-corrected chi connectivity index (χ4v) is 4.63. The molecule has 148 valence electrons. The van der Waals surface area contributed by atoms with E-state index in [9.17, 15) is 9.90 Å². The smallest absolute Gasteiger partial charge is 0.407 e. The first-order valence-corrected chi connectivity index (χ1v) is 12.3. The van der Waals surface area contributed by atoms with Crippen LogP contribution in [0.2, 0.25) is 23.4 Å². The summed E-state index contributed by atoms with van der Waals surface area (Å²) in [5.41, 5.74) is 0.606. The van der Waals surface area contributed by atoms with Crippen LogP contribution in [0.5, 0.6) is 0 Å². The Labute approximate surface area is 164 Å². The molecule has 0 aliphatic carbocycles. The number of hydrogen-bond donors (Lipinski definition) is 1. The van der Waals surface area contributed by atoms with Gasteiger partial charge >= 0.3 is 6.09 Å². The summed E-state index contributed by atoms with van der Waals surface area (Å²) in [6, 6.07) is -0.228. The number of nitrogens with zero attached hydrogens (tertiary/aromatic N) is 5. The van der Waals surface area contributed by atoms with Crippen molar-refractivity contribution in [3.05, 3.63) is 17.7 Å². The second-order valence-electron chi connectivity index (χ2n) is 8.57. The van der Waals surface area contributed by atoms with Gasteiger partial charge in [-0.2, -0.15) is 10.1 Å². The van der Waals surface area contributed by atoms with Gasteiger partial charge in [0, 0.05) is 12.7 Å². The van der Waals surface area contributed by atoms with E-state index in [1.807, 2.05) is 0 Å². The van der Waals surface area contributed by atoms with Gasteiger partial charge in [0.1, 0.15) is 0 Å². The van der Waals surface area contributed by atoms with Crippen LogP contribution < -0.4 is 0 Å². The summed E-state index contributed by atoms with van der Waals surface area (Å²) in [6.45, 7) is 11.7. The van der Waals surface area contributed by atoms with Gasteiger partial charge in [0.2, 0.25) is 5.28 Å². The molecule has 3 heterocycles. The summed E-state index contributed by atoms with van der Waals surface area (Å²) in [5.74, 6) is 0. The molecule has 0 unspecified atom stereocenters. The summed E-state index contributed by atoms with van der Waals surface area (Å²) in [6.07, 6.45) is 2.87. The highest BCUT2D eigenvalue weighted by Gasteiger charge is 2.43. The lowest BCUT2D eigenvalue weighted by Gasteiger charge is -2.38. The molecule has 10 heteroatoms. The maximum absolute atomic E-state index is 11.8. The molecule has 27 heavy (non-hydrogen) atoms. The third-order valence-corrected chi connectivity index (χ3v) is 10.3. The first-order valence-electron chi connectivity index (χ1n) is 8.99. The largest absolute Gasteiger partial charge is 0.465 e. The molecule has 1 fully saturated rings. The van der Waals surface area contributed by atoms with Crippen LogP contribution in [0.1, 0.15) is 27.2 Å². The van der Waals surface area contributed by atoms with Gasteiger partial charge in [-0.1, -0.05) is 20.8 Å². The van der Waals surface area contributed by atoms with Crippen LogP contribution in [0.3, 0.4) is 0 Å². The van der Waals surface area contributed by atoms with Crippen molar-refractivity contribution in [2.75, 3.05) is 6.54 Å². The molecule has 0 spiro atoms. The number of carbonyl (C=O) groups is 1. The molecule has 2 aromatic heterocycles. The molecule has 2 atom stereocenters. The Morgan fingerprint density at radius 1 is 1.41 bits per heavy atom. The number of hydrogen-bond acceptors (Lipinski definition) is 5. The van der Waals surface area contributed by atoms with Gasteiger partial charge < -0.3 is 14.4 Å². The fraction of sp³-hybridized carbons (Fsp3) is 0.647. The van der Waals surface area contributed by atoms with E-state index in [0.29, 0.717) is 25.2 Å². The normalized spacial score (nSPS) is 21.2. The minimum Gasteiger partial charge on any atom is -0.465 e. The second-order valence-corrected chi connectivity index (χ2v) is 13.7. The van der Waals surface area contributed by atoms with Gasteiger partial charge in [0.05, 0.1) is 30.3 Å². The molecule has 1 saturated heterocycles. The molecule has 2 aromatic rings. The molecule has 8 nitrogen and oxygen atoms in total. The molecule has 0 saturated carbocycles. The van der Waals surface area contributed by atoms with Crippen LogP contribution in [0, 0.1) is 0 Å². The van der Waals surface area contributed by atoms with Crippen molar-refractivity contribution in [1.82, 2.24) is 24.6 Å². The molecule has 1 aliphatic rings. The van der Waals surface area contributed by atoms with E-state index in [2.05, 4.69) is 48.9 Å². The highest BCUT2D eigenvalue weighted by atomic mass is 35.5. The third kappa shape index (κ3) is 4.09. The van der Waals surface area contributed by atoms with E-state index in [-0.39, 0.29) is 22.5 Å². The Bertz CT molecular complexity index is 851. The second kappa shape index (κ2) is 7.03. The van der Waals surface area contributed by atoms with Gasteiger partial charge in [-0.15, -0.1) is 0 Å². The predicted octanol–water partition coefficient (Wildman–Crippen LogP) is 3.62. The van der Waals surface area contributed by atoms with E-state index >= 15 is 0 Å². The van der Waals surface area contributed by atoms with E-state index in [4.69, 9.17) is 16.0 Å². The van der Waals surface area contributed by atoms with Gasteiger partial charge in [0.15, 0.2) is 14.0 Å². The van der Waals surface area contributed by atoms with E-state index in [0.717, 1.165) is 5.39 Å². The molecule has 3 rings (SSSR count). The van der Waals surface area contributed by atoms with Crippen LogP contribution in [-0.2, 0) is 11.0 Å². The van der Waals surface area contributed by atoms with Crippen molar-refractivity contribution in [3.63, 3.8) is 0 Å². The van der Waals surface area contributed by atoms with E-state index < -0.39 is 14.4 Å². The van der Waals surface area contributed by atoms with Gasteiger partial charge in [-0.05, 0) is 36.2 Å². The highest BCUT2D eigenvalue weighted by molar-refractivity contribution is 6.74. The molecule has 0 radical (unpaired) electrons. The van der Waals surface area contributed by atoms with E-state index in [1.165, 1.54) is 4.90 Å².